The number of aliphatic hydroxyl groups is 1. The normalized spacial score (nSPS) is 11.1. The number of rotatable bonds is 3. The molecule has 2 rings (SSSR count). The van der Waals surface area contributed by atoms with Crippen LogP contribution in [0.2, 0.25) is 0 Å². The van der Waals surface area contributed by atoms with E-state index in [4.69, 9.17) is 10.8 Å². The maximum absolute atomic E-state index is 8.76. The lowest BCUT2D eigenvalue weighted by Gasteiger charge is -2.03. The second-order valence-corrected chi connectivity index (χ2v) is 5.53. The molecule has 3 N–H and O–H groups in total. The monoisotopic (exact) mass is 240 g/mol. The second kappa shape index (κ2) is 4.38. The van der Waals surface area contributed by atoms with Gasteiger partial charge in [0.2, 0.25) is 0 Å². The predicted molar refractivity (Wildman–Crippen MR) is 66.6 cm³/mol. The third-order valence-electron chi connectivity index (χ3n) is 1.98. The molecule has 1 aromatic heterocycles. The smallest absolute Gasteiger partial charge is 0.0907 e. The Balaban J connectivity index is 2.42. The van der Waals surface area contributed by atoms with Gasteiger partial charge in [0.05, 0.1) is 21.8 Å². The molecule has 0 spiro atoms. The Kier molecular flexibility index (Phi) is 3.14. The van der Waals surface area contributed by atoms with E-state index in [0.717, 1.165) is 25.8 Å². The van der Waals surface area contributed by atoms with Gasteiger partial charge < -0.3 is 10.8 Å². The van der Waals surface area contributed by atoms with Crippen LogP contribution in [0.3, 0.4) is 0 Å². The minimum absolute atomic E-state index is 0.165. The first kappa shape index (κ1) is 10.7. The lowest BCUT2D eigenvalue weighted by atomic mass is 10.3. The van der Waals surface area contributed by atoms with E-state index in [1.807, 2.05) is 19.1 Å². The Hall–Kier alpha value is -0.780. The SMILES string of the molecule is Cc1nc2cc(SCCO)c(N)cc2s1. The minimum atomic E-state index is 0.165. The summed E-state index contributed by atoms with van der Waals surface area (Å²) < 4.78 is 1.12. The Morgan fingerprint density at radius 3 is 3.07 bits per heavy atom. The number of hydrogen-bond donors (Lipinski definition) is 2. The molecule has 0 fully saturated rings. The van der Waals surface area contributed by atoms with Crippen molar-refractivity contribution in [2.45, 2.75) is 11.8 Å². The van der Waals surface area contributed by atoms with E-state index in [2.05, 4.69) is 4.98 Å². The molecule has 0 atom stereocenters. The van der Waals surface area contributed by atoms with Gasteiger partial charge in [-0.2, -0.15) is 0 Å². The fourth-order valence-electron chi connectivity index (χ4n) is 1.37. The molecular formula is C10H12N2OS2. The first-order chi connectivity index (χ1) is 7.20. The number of aryl methyl sites for hydroxylation is 1. The van der Waals surface area contributed by atoms with Crippen molar-refractivity contribution in [3.8, 4) is 0 Å². The molecule has 0 amide bonds. The minimum Gasteiger partial charge on any atom is -0.398 e. The summed E-state index contributed by atoms with van der Waals surface area (Å²) in [6.07, 6.45) is 0. The number of nitrogens with two attached hydrogens (primary N) is 1. The first-order valence-corrected chi connectivity index (χ1v) is 6.41. The molecule has 0 saturated heterocycles. The molecule has 15 heavy (non-hydrogen) atoms. The van der Waals surface area contributed by atoms with Crippen molar-refractivity contribution in [1.82, 2.24) is 4.98 Å². The van der Waals surface area contributed by atoms with Gasteiger partial charge in [-0.05, 0) is 19.1 Å². The molecule has 0 bridgehead atoms. The maximum atomic E-state index is 8.76. The second-order valence-electron chi connectivity index (χ2n) is 3.16. The van der Waals surface area contributed by atoms with Crippen LogP contribution >= 0.6 is 23.1 Å². The van der Waals surface area contributed by atoms with E-state index < -0.39 is 0 Å². The quantitative estimate of drug-likeness (QED) is 0.638. The summed E-state index contributed by atoms with van der Waals surface area (Å²) in [5.41, 5.74) is 7.67. The molecule has 1 aromatic carbocycles. The Morgan fingerprint density at radius 2 is 2.33 bits per heavy atom. The third kappa shape index (κ3) is 2.25. The van der Waals surface area contributed by atoms with Crippen molar-refractivity contribution < 1.29 is 5.11 Å². The summed E-state index contributed by atoms with van der Waals surface area (Å²) in [5, 5.41) is 9.81. The van der Waals surface area contributed by atoms with Gasteiger partial charge in [-0.3, -0.25) is 0 Å². The fraction of sp³-hybridized carbons (Fsp3) is 0.300. The van der Waals surface area contributed by atoms with Gasteiger partial charge in [-0.1, -0.05) is 0 Å². The lowest BCUT2D eigenvalue weighted by Crippen LogP contribution is -1.91. The number of thiazole rings is 1. The van der Waals surface area contributed by atoms with Crippen molar-refractivity contribution >= 4 is 39.0 Å². The van der Waals surface area contributed by atoms with Crippen LogP contribution in [0.5, 0.6) is 0 Å². The Morgan fingerprint density at radius 1 is 1.53 bits per heavy atom. The largest absolute Gasteiger partial charge is 0.398 e. The third-order valence-corrected chi connectivity index (χ3v) is 3.96. The number of benzene rings is 1. The standard InChI is InChI=1S/C10H12N2OS2/c1-6-12-8-5-9(14-3-2-13)7(11)4-10(8)15-6/h4-5,13H,2-3,11H2,1H3. The van der Waals surface area contributed by atoms with Crippen LogP contribution in [0.1, 0.15) is 5.01 Å². The predicted octanol–water partition coefficient (Wildman–Crippen LogP) is 2.27. The zero-order chi connectivity index (χ0) is 10.8. The number of anilines is 1. The van der Waals surface area contributed by atoms with Crippen LogP contribution in [0, 0.1) is 6.92 Å². The molecule has 0 unspecified atom stereocenters. The highest BCUT2D eigenvalue weighted by Gasteiger charge is 2.06. The molecular weight excluding hydrogens is 228 g/mol. The van der Waals surface area contributed by atoms with Crippen molar-refractivity contribution in [2.75, 3.05) is 18.1 Å². The molecule has 5 heteroatoms. The van der Waals surface area contributed by atoms with Gasteiger partial charge in [0.1, 0.15) is 0 Å². The topological polar surface area (TPSA) is 59.1 Å². The molecule has 0 aliphatic heterocycles. The molecule has 2 aromatic rings. The number of fused-ring (bicyclic) bond motifs is 1. The van der Waals surface area contributed by atoms with E-state index in [1.165, 1.54) is 0 Å². The van der Waals surface area contributed by atoms with Crippen molar-refractivity contribution in [1.29, 1.82) is 0 Å². The van der Waals surface area contributed by atoms with E-state index >= 15 is 0 Å². The zero-order valence-electron chi connectivity index (χ0n) is 8.36. The van der Waals surface area contributed by atoms with Gasteiger partial charge in [0.15, 0.2) is 0 Å². The van der Waals surface area contributed by atoms with Crippen LogP contribution in [0.15, 0.2) is 17.0 Å². The highest BCUT2D eigenvalue weighted by molar-refractivity contribution is 7.99. The number of hydrogen-bond acceptors (Lipinski definition) is 5. The molecule has 0 aliphatic carbocycles. The zero-order valence-corrected chi connectivity index (χ0v) is 9.99. The van der Waals surface area contributed by atoms with Crippen LogP contribution in [0.4, 0.5) is 5.69 Å². The average molecular weight is 240 g/mol. The van der Waals surface area contributed by atoms with Crippen molar-refractivity contribution in [3.05, 3.63) is 17.1 Å². The van der Waals surface area contributed by atoms with Crippen molar-refractivity contribution in [2.24, 2.45) is 0 Å². The molecule has 0 saturated carbocycles. The molecule has 0 radical (unpaired) electrons. The van der Waals surface area contributed by atoms with Crippen molar-refractivity contribution in [3.63, 3.8) is 0 Å². The summed E-state index contributed by atoms with van der Waals surface area (Å²) in [5.74, 6) is 0.666. The number of thioether (sulfide) groups is 1. The van der Waals surface area contributed by atoms with Gasteiger partial charge in [0, 0.05) is 16.3 Å². The number of nitrogens with zero attached hydrogens (tertiary/aromatic N) is 1. The van der Waals surface area contributed by atoms with Gasteiger partial charge in [-0.25, -0.2) is 4.98 Å². The Labute approximate surface area is 96.3 Å². The number of aliphatic hydroxyl groups excluding tert-OH is 1. The molecule has 0 aliphatic rings. The number of aromatic nitrogens is 1. The molecule has 1 heterocycles. The lowest BCUT2D eigenvalue weighted by molar-refractivity contribution is 0.322. The van der Waals surface area contributed by atoms with E-state index in [9.17, 15) is 0 Å². The summed E-state index contributed by atoms with van der Waals surface area (Å²) in [6.45, 7) is 2.15. The van der Waals surface area contributed by atoms with E-state index in [1.54, 1.807) is 23.1 Å². The van der Waals surface area contributed by atoms with Crippen LogP contribution < -0.4 is 5.73 Å². The summed E-state index contributed by atoms with van der Waals surface area (Å²) in [4.78, 5) is 5.41. The van der Waals surface area contributed by atoms with Gasteiger partial charge in [-0.15, -0.1) is 23.1 Å². The van der Waals surface area contributed by atoms with Crippen LogP contribution in [0.25, 0.3) is 10.2 Å². The highest BCUT2D eigenvalue weighted by Crippen LogP contribution is 2.32. The summed E-state index contributed by atoms with van der Waals surface area (Å²) in [7, 11) is 0. The fourth-order valence-corrected chi connectivity index (χ4v) is 2.96. The summed E-state index contributed by atoms with van der Waals surface area (Å²) in [6, 6.07) is 3.95. The maximum Gasteiger partial charge on any atom is 0.0907 e. The van der Waals surface area contributed by atoms with Crippen LogP contribution in [-0.2, 0) is 0 Å². The Bertz CT molecular complexity index is 481. The molecule has 3 nitrogen and oxygen atoms in total. The summed E-state index contributed by atoms with van der Waals surface area (Å²) >= 11 is 3.21. The van der Waals surface area contributed by atoms with Gasteiger partial charge >= 0.3 is 0 Å². The van der Waals surface area contributed by atoms with Gasteiger partial charge in [0.25, 0.3) is 0 Å². The molecule has 80 valence electrons. The average Bonchev–Trinajstić information content (AvgIpc) is 2.53. The van der Waals surface area contributed by atoms with Crippen LogP contribution in [-0.4, -0.2) is 22.5 Å². The first-order valence-electron chi connectivity index (χ1n) is 4.61. The van der Waals surface area contributed by atoms with E-state index in [0.29, 0.717) is 5.75 Å². The van der Waals surface area contributed by atoms with E-state index in [-0.39, 0.29) is 6.61 Å². The number of nitrogen functional groups attached to an aromatic ring is 1. The highest BCUT2D eigenvalue weighted by atomic mass is 32.2.